The molecule has 0 saturated heterocycles. The third kappa shape index (κ3) is 7.97. The smallest absolute Gasteiger partial charge is 0.332 e. The van der Waals surface area contributed by atoms with Gasteiger partial charge in [-0.15, -0.1) is 0 Å². The molecule has 0 amide bonds. The first-order valence-corrected chi connectivity index (χ1v) is 7.40. The largest absolute Gasteiger partial charge is 0.396 e. The Bertz CT molecular complexity index is 170. The molecular formula is C10H23O4P. The third-order valence-electron chi connectivity index (χ3n) is 1.95. The zero-order valence-corrected chi connectivity index (χ0v) is 10.7. The Morgan fingerprint density at radius 1 is 1.07 bits per heavy atom. The molecule has 0 rings (SSSR count). The number of rotatable bonds is 10. The highest BCUT2D eigenvalue weighted by Crippen LogP contribution is 2.47. The van der Waals surface area contributed by atoms with E-state index in [4.69, 9.17) is 14.2 Å². The summed E-state index contributed by atoms with van der Waals surface area (Å²) in [5.41, 5.74) is 0. The van der Waals surface area contributed by atoms with Crippen LogP contribution in [0, 0.1) is 0 Å². The van der Waals surface area contributed by atoms with E-state index < -0.39 is 7.60 Å². The lowest BCUT2D eigenvalue weighted by Crippen LogP contribution is -2.05. The maximum Gasteiger partial charge on any atom is 0.332 e. The second-order valence-electron chi connectivity index (χ2n) is 3.43. The Balaban J connectivity index is 3.89. The molecule has 0 aliphatic heterocycles. The van der Waals surface area contributed by atoms with E-state index >= 15 is 0 Å². The average molecular weight is 238 g/mol. The minimum absolute atomic E-state index is 0.0976. The van der Waals surface area contributed by atoms with Crippen LogP contribution in [0.5, 0.6) is 0 Å². The van der Waals surface area contributed by atoms with Gasteiger partial charge in [-0.2, -0.15) is 0 Å². The van der Waals surface area contributed by atoms with Crippen LogP contribution in [0.25, 0.3) is 0 Å². The zero-order valence-electron chi connectivity index (χ0n) is 9.78. The van der Waals surface area contributed by atoms with E-state index in [1.54, 1.807) is 0 Å². The molecule has 1 N–H and O–H groups in total. The van der Waals surface area contributed by atoms with Crippen LogP contribution in [-0.2, 0) is 13.6 Å². The van der Waals surface area contributed by atoms with Gasteiger partial charge in [0, 0.05) is 0 Å². The van der Waals surface area contributed by atoms with Crippen LogP contribution >= 0.6 is 7.60 Å². The monoisotopic (exact) mass is 238 g/mol. The molecule has 0 bridgehead atoms. The van der Waals surface area contributed by atoms with E-state index in [1.165, 1.54) is 0 Å². The number of hydrogen-bond donors (Lipinski definition) is 1. The van der Waals surface area contributed by atoms with Crippen molar-refractivity contribution in [2.24, 2.45) is 0 Å². The Morgan fingerprint density at radius 3 is 1.87 bits per heavy atom. The maximum absolute atomic E-state index is 12.0. The summed E-state index contributed by atoms with van der Waals surface area (Å²) in [5.74, 6) is 0. The van der Waals surface area contributed by atoms with E-state index in [0.29, 0.717) is 13.2 Å². The van der Waals surface area contributed by atoms with Crippen LogP contribution in [0.15, 0.2) is 0 Å². The average Bonchev–Trinajstić information content (AvgIpc) is 2.19. The molecule has 92 valence electrons. The summed E-state index contributed by atoms with van der Waals surface area (Å²) in [4.78, 5) is 0. The normalized spacial score (nSPS) is 11.9. The van der Waals surface area contributed by atoms with E-state index in [1.807, 2.05) is 13.8 Å². The number of aliphatic hydroxyl groups excluding tert-OH is 1. The van der Waals surface area contributed by atoms with Gasteiger partial charge in [0.15, 0.2) is 0 Å². The summed E-state index contributed by atoms with van der Waals surface area (Å²) in [6.45, 7) is 4.81. The lowest BCUT2D eigenvalue weighted by molar-refractivity contribution is 0.192. The first-order valence-electron chi connectivity index (χ1n) is 5.67. The molecule has 0 radical (unpaired) electrons. The molecule has 4 nitrogen and oxygen atoms in total. The predicted molar refractivity (Wildman–Crippen MR) is 61.3 cm³/mol. The van der Waals surface area contributed by atoms with Crippen molar-refractivity contribution in [3.8, 4) is 0 Å². The molecule has 0 atom stereocenters. The van der Waals surface area contributed by atoms with Crippen molar-refractivity contribution in [1.82, 2.24) is 0 Å². The summed E-state index contributed by atoms with van der Waals surface area (Å²) >= 11 is 0. The molecule has 0 saturated carbocycles. The molecule has 0 aromatic carbocycles. The highest BCUT2D eigenvalue weighted by Gasteiger charge is 2.23. The van der Waals surface area contributed by atoms with Gasteiger partial charge in [-0.3, -0.25) is 4.57 Å². The molecular weight excluding hydrogens is 215 g/mol. The van der Waals surface area contributed by atoms with Crippen molar-refractivity contribution in [2.75, 3.05) is 26.0 Å². The van der Waals surface area contributed by atoms with Crippen molar-refractivity contribution >= 4 is 7.60 Å². The van der Waals surface area contributed by atoms with Gasteiger partial charge in [0.2, 0.25) is 0 Å². The molecule has 0 fully saturated rings. The third-order valence-corrected chi connectivity index (χ3v) is 3.85. The molecule has 0 aromatic heterocycles. The lowest BCUT2D eigenvalue weighted by atomic mass is 10.4. The summed E-state index contributed by atoms with van der Waals surface area (Å²) < 4.78 is 22.4. The second kappa shape index (κ2) is 9.34. The predicted octanol–water partition coefficient (Wildman–Crippen LogP) is 2.81. The van der Waals surface area contributed by atoms with E-state index in [-0.39, 0.29) is 12.8 Å². The van der Waals surface area contributed by atoms with Crippen molar-refractivity contribution in [3.63, 3.8) is 0 Å². The van der Waals surface area contributed by atoms with Crippen LogP contribution in [0.4, 0.5) is 0 Å². The van der Waals surface area contributed by atoms with Gasteiger partial charge in [0.25, 0.3) is 0 Å². The Hall–Kier alpha value is 0.110. The number of aliphatic hydroxyl groups is 1. The van der Waals surface area contributed by atoms with Gasteiger partial charge in [0.1, 0.15) is 0 Å². The minimum Gasteiger partial charge on any atom is -0.396 e. The van der Waals surface area contributed by atoms with Crippen LogP contribution in [0.1, 0.15) is 39.5 Å². The second-order valence-corrected chi connectivity index (χ2v) is 5.62. The quantitative estimate of drug-likeness (QED) is 0.469. The summed E-state index contributed by atoms with van der Waals surface area (Å²) in [6, 6.07) is 0. The Morgan fingerprint density at radius 2 is 1.53 bits per heavy atom. The van der Waals surface area contributed by atoms with E-state index in [9.17, 15) is 4.57 Å². The number of unbranched alkanes of at least 4 members (excludes halogenated alkanes) is 2. The molecule has 0 unspecified atom stereocenters. The highest BCUT2D eigenvalue weighted by atomic mass is 31.2. The zero-order chi connectivity index (χ0) is 11.6. The first kappa shape index (κ1) is 15.1. The van der Waals surface area contributed by atoms with Crippen molar-refractivity contribution < 1.29 is 18.7 Å². The van der Waals surface area contributed by atoms with Crippen LogP contribution < -0.4 is 0 Å². The SMILES string of the molecule is CCCCOP(=O)(CCO)OCCCC. The van der Waals surface area contributed by atoms with Gasteiger partial charge in [0.05, 0.1) is 26.0 Å². The summed E-state index contributed by atoms with van der Waals surface area (Å²) in [7, 11) is -3.03. The molecule has 0 aromatic rings. The van der Waals surface area contributed by atoms with Crippen LogP contribution in [0.3, 0.4) is 0 Å². The van der Waals surface area contributed by atoms with Crippen molar-refractivity contribution in [2.45, 2.75) is 39.5 Å². The summed E-state index contributed by atoms with van der Waals surface area (Å²) in [6.07, 6.45) is 3.82. The first-order chi connectivity index (χ1) is 7.18. The van der Waals surface area contributed by atoms with Gasteiger partial charge < -0.3 is 14.2 Å². The van der Waals surface area contributed by atoms with E-state index in [2.05, 4.69) is 0 Å². The van der Waals surface area contributed by atoms with E-state index in [0.717, 1.165) is 25.7 Å². The summed E-state index contributed by atoms with van der Waals surface area (Å²) in [5, 5.41) is 8.78. The Labute approximate surface area is 92.5 Å². The fourth-order valence-electron chi connectivity index (χ4n) is 0.985. The fourth-order valence-corrected chi connectivity index (χ4v) is 2.38. The molecule has 0 aliphatic rings. The fraction of sp³-hybridized carbons (Fsp3) is 1.00. The van der Waals surface area contributed by atoms with Crippen molar-refractivity contribution in [1.29, 1.82) is 0 Å². The molecule has 0 heterocycles. The van der Waals surface area contributed by atoms with Gasteiger partial charge in [-0.1, -0.05) is 26.7 Å². The maximum atomic E-state index is 12.0. The van der Waals surface area contributed by atoms with Gasteiger partial charge in [-0.25, -0.2) is 0 Å². The number of hydrogen-bond acceptors (Lipinski definition) is 4. The van der Waals surface area contributed by atoms with Gasteiger partial charge >= 0.3 is 7.60 Å². The molecule has 5 heteroatoms. The Kier molecular flexibility index (Phi) is 9.41. The van der Waals surface area contributed by atoms with Crippen LogP contribution in [0.2, 0.25) is 0 Å². The van der Waals surface area contributed by atoms with Crippen molar-refractivity contribution in [3.05, 3.63) is 0 Å². The van der Waals surface area contributed by atoms with Gasteiger partial charge in [-0.05, 0) is 12.8 Å². The molecule has 0 aliphatic carbocycles. The molecule has 0 spiro atoms. The minimum atomic E-state index is -3.03. The lowest BCUT2D eigenvalue weighted by Gasteiger charge is -2.17. The topological polar surface area (TPSA) is 55.8 Å². The standard InChI is InChI=1S/C10H23O4P/c1-3-5-8-13-15(12,10-7-11)14-9-6-4-2/h11H,3-10H2,1-2H3. The van der Waals surface area contributed by atoms with Crippen LogP contribution in [-0.4, -0.2) is 31.1 Å². The highest BCUT2D eigenvalue weighted by molar-refractivity contribution is 7.53. The molecule has 15 heavy (non-hydrogen) atoms.